The van der Waals surface area contributed by atoms with Crippen LogP contribution in [0.4, 0.5) is 0 Å². The molecule has 14 heavy (non-hydrogen) atoms. The number of sulfone groups is 1. The second-order valence-corrected chi connectivity index (χ2v) is 4.71. The van der Waals surface area contributed by atoms with Crippen LogP contribution in [0.25, 0.3) is 11.3 Å². The molecule has 2 aromatic heterocycles. The zero-order chi connectivity index (χ0) is 10.3. The van der Waals surface area contributed by atoms with Gasteiger partial charge in [-0.15, -0.1) is 0 Å². The van der Waals surface area contributed by atoms with E-state index in [1.165, 1.54) is 6.20 Å². The Labute approximate surface area is 81.1 Å². The Balaban J connectivity index is 2.75. The predicted octanol–water partition coefficient (Wildman–Crippen LogP) is -1.45. The molecule has 0 atom stereocenters. The Morgan fingerprint density at radius 3 is 2.79 bits per heavy atom. The van der Waals surface area contributed by atoms with Crippen LogP contribution in [0.1, 0.15) is 0 Å². The molecule has 0 spiro atoms. The lowest BCUT2D eigenvalue weighted by Gasteiger charge is -1.88. The van der Waals surface area contributed by atoms with E-state index in [1.807, 2.05) is 0 Å². The fourth-order valence-corrected chi connectivity index (χ4v) is 1.50. The minimum Gasteiger partial charge on any atom is -0.312 e. The number of hydrogen-bond acceptors (Lipinski definition) is 5. The third-order valence-electron chi connectivity index (χ3n) is 1.56. The number of imidazole rings is 1. The summed E-state index contributed by atoms with van der Waals surface area (Å²) in [7, 11) is 2.01. The van der Waals surface area contributed by atoms with E-state index < -0.39 is 9.84 Å². The number of aromatic amines is 1. The maximum Gasteiger partial charge on any atom is 0.228 e. The predicted molar refractivity (Wildman–Crippen MR) is 50.2 cm³/mol. The Bertz CT molecular complexity index is 591. The molecule has 0 unspecified atom stereocenters. The van der Waals surface area contributed by atoms with Crippen LogP contribution in [0.2, 0.25) is 0 Å². The van der Waals surface area contributed by atoms with Crippen molar-refractivity contribution in [3.8, 4) is 0 Å². The van der Waals surface area contributed by atoms with Crippen LogP contribution in [-0.2, 0) is 9.84 Å². The zero-order valence-corrected chi connectivity index (χ0v) is 8.04. The Morgan fingerprint density at radius 1 is 1.43 bits per heavy atom. The van der Waals surface area contributed by atoms with Gasteiger partial charge in [-0.1, -0.05) is 0 Å². The maximum atomic E-state index is 11.1. The van der Waals surface area contributed by atoms with Crippen molar-refractivity contribution in [2.45, 2.75) is 5.16 Å². The molecule has 2 heterocycles. The normalized spacial score (nSPS) is 12.1. The molecule has 0 fully saturated rings. The molecule has 8 heteroatoms. The molecule has 2 rings (SSSR count). The highest BCUT2D eigenvalue weighted by Gasteiger charge is 2.13. The van der Waals surface area contributed by atoms with Gasteiger partial charge in [-0.2, -0.15) is 4.98 Å². The smallest absolute Gasteiger partial charge is 0.228 e. The third kappa shape index (κ3) is 1.48. The standard InChI is InChI=1S/C6H5BN4O2S/c1-14(12,13)6-10-4-5(11-6)9-3(7)2-8-4/h2H,1H3,(H,8,9,10,11). The van der Waals surface area contributed by atoms with E-state index in [1.54, 1.807) is 0 Å². The van der Waals surface area contributed by atoms with Gasteiger partial charge >= 0.3 is 0 Å². The molecule has 0 bridgehead atoms. The van der Waals surface area contributed by atoms with Gasteiger partial charge in [0.05, 0.1) is 0 Å². The van der Waals surface area contributed by atoms with Crippen molar-refractivity contribution >= 4 is 34.6 Å². The van der Waals surface area contributed by atoms with Crippen LogP contribution in [-0.4, -0.2) is 42.5 Å². The Hall–Kier alpha value is -1.44. The average Bonchev–Trinajstić information content (AvgIpc) is 2.45. The lowest BCUT2D eigenvalue weighted by molar-refractivity contribution is 0.595. The quantitative estimate of drug-likeness (QED) is 0.579. The maximum absolute atomic E-state index is 11.1. The summed E-state index contributed by atoms with van der Waals surface area (Å²) in [6.07, 6.45) is 2.36. The third-order valence-corrected chi connectivity index (χ3v) is 2.45. The molecule has 0 aliphatic heterocycles. The summed E-state index contributed by atoms with van der Waals surface area (Å²) in [4.78, 5) is 13.9. The van der Waals surface area contributed by atoms with Gasteiger partial charge < -0.3 is 4.98 Å². The number of nitrogens with one attached hydrogen (secondary N) is 1. The fraction of sp³-hybridized carbons (Fsp3) is 0.167. The molecule has 70 valence electrons. The van der Waals surface area contributed by atoms with Crippen LogP contribution < -0.4 is 5.59 Å². The van der Waals surface area contributed by atoms with Gasteiger partial charge in [0.1, 0.15) is 7.85 Å². The van der Waals surface area contributed by atoms with E-state index in [2.05, 4.69) is 19.9 Å². The fourth-order valence-electron chi connectivity index (χ4n) is 0.963. The van der Waals surface area contributed by atoms with E-state index in [9.17, 15) is 8.42 Å². The average molecular weight is 208 g/mol. The van der Waals surface area contributed by atoms with Crippen LogP contribution in [0.3, 0.4) is 0 Å². The minimum absolute atomic E-state index is 0.155. The highest BCUT2D eigenvalue weighted by Crippen LogP contribution is 2.07. The van der Waals surface area contributed by atoms with Crippen molar-refractivity contribution in [3.63, 3.8) is 0 Å². The first-order valence-corrected chi connectivity index (χ1v) is 5.54. The molecule has 2 radical (unpaired) electrons. The van der Waals surface area contributed by atoms with Gasteiger partial charge in [-0.05, 0) is 0 Å². The molecule has 1 N–H and O–H groups in total. The number of fused-ring (bicyclic) bond motifs is 1. The molecule has 0 aliphatic rings. The van der Waals surface area contributed by atoms with Crippen LogP contribution >= 0.6 is 0 Å². The molecular weight excluding hydrogens is 203 g/mol. The number of H-pyrrole nitrogens is 1. The summed E-state index contributed by atoms with van der Waals surface area (Å²) >= 11 is 0. The molecule has 0 saturated heterocycles. The summed E-state index contributed by atoms with van der Waals surface area (Å²) in [6, 6.07) is 0. The highest BCUT2D eigenvalue weighted by molar-refractivity contribution is 7.90. The van der Waals surface area contributed by atoms with Crippen molar-refractivity contribution < 1.29 is 8.42 Å². The summed E-state index contributed by atoms with van der Waals surface area (Å²) < 4.78 is 22.2. The Morgan fingerprint density at radius 2 is 2.14 bits per heavy atom. The number of hydrogen-bond donors (Lipinski definition) is 1. The van der Waals surface area contributed by atoms with Gasteiger partial charge in [0, 0.05) is 18.0 Å². The van der Waals surface area contributed by atoms with E-state index in [-0.39, 0.29) is 22.0 Å². The summed E-state index contributed by atoms with van der Waals surface area (Å²) in [5.74, 6) is 0. The molecule has 6 nitrogen and oxygen atoms in total. The van der Waals surface area contributed by atoms with Crippen LogP contribution in [0, 0.1) is 0 Å². The van der Waals surface area contributed by atoms with Crippen molar-refractivity contribution in [2.24, 2.45) is 0 Å². The van der Waals surface area contributed by atoms with Gasteiger partial charge in [-0.3, -0.25) is 0 Å². The topological polar surface area (TPSA) is 88.6 Å². The number of aromatic nitrogens is 4. The zero-order valence-electron chi connectivity index (χ0n) is 7.22. The van der Waals surface area contributed by atoms with Gasteiger partial charge in [-0.25, -0.2) is 18.4 Å². The summed E-state index contributed by atoms with van der Waals surface area (Å²) in [6.45, 7) is 0. The first kappa shape index (κ1) is 9.13. The molecule has 0 saturated carbocycles. The number of nitrogens with zero attached hydrogens (tertiary/aromatic N) is 3. The van der Waals surface area contributed by atoms with Crippen LogP contribution in [0.15, 0.2) is 11.4 Å². The van der Waals surface area contributed by atoms with E-state index in [0.717, 1.165) is 6.26 Å². The van der Waals surface area contributed by atoms with Crippen molar-refractivity contribution in [1.29, 1.82) is 0 Å². The second kappa shape index (κ2) is 2.78. The number of rotatable bonds is 1. The summed E-state index contributed by atoms with van der Waals surface area (Å²) in [5.41, 5.74) is 0.714. The van der Waals surface area contributed by atoms with Crippen molar-refractivity contribution in [1.82, 2.24) is 19.9 Å². The SMILES string of the molecule is [B]c1cnc2nc(S(C)(=O)=O)[nH]c2n1. The minimum atomic E-state index is -3.37. The van der Waals surface area contributed by atoms with Gasteiger partial charge in [0.25, 0.3) is 0 Å². The van der Waals surface area contributed by atoms with E-state index in [0.29, 0.717) is 0 Å². The monoisotopic (exact) mass is 208 g/mol. The van der Waals surface area contributed by atoms with Crippen molar-refractivity contribution in [2.75, 3.05) is 6.26 Å². The Kier molecular flexibility index (Phi) is 1.81. The van der Waals surface area contributed by atoms with Crippen LogP contribution in [0.5, 0.6) is 0 Å². The van der Waals surface area contributed by atoms with E-state index in [4.69, 9.17) is 7.85 Å². The molecule has 0 aliphatic carbocycles. The lowest BCUT2D eigenvalue weighted by Crippen LogP contribution is -2.08. The largest absolute Gasteiger partial charge is 0.312 e. The van der Waals surface area contributed by atoms with Gasteiger partial charge in [0.15, 0.2) is 11.3 Å². The van der Waals surface area contributed by atoms with Crippen molar-refractivity contribution in [3.05, 3.63) is 6.20 Å². The molecular formula is C6H5BN4O2S. The van der Waals surface area contributed by atoms with Gasteiger partial charge in [0.2, 0.25) is 15.0 Å². The first-order valence-electron chi connectivity index (χ1n) is 3.65. The molecule has 0 aromatic carbocycles. The lowest BCUT2D eigenvalue weighted by atomic mass is 10.1. The molecule has 0 amide bonds. The highest BCUT2D eigenvalue weighted by atomic mass is 32.2. The summed E-state index contributed by atoms with van der Waals surface area (Å²) in [5, 5.41) is -0.155. The molecule has 2 aromatic rings. The van der Waals surface area contributed by atoms with E-state index >= 15 is 0 Å². The first-order chi connectivity index (χ1) is 6.47. The second-order valence-electron chi connectivity index (χ2n) is 2.78.